The third-order valence-electron chi connectivity index (χ3n) is 3.28. The Hall–Kier alpha value is -1.66. The van der Waals surface area contributed by atoms with Crippen molar-refractivity contribution in [2.75, 3.05) is 51.8 Å². The highest BCUT2D eigenvalue weighted by Crippen LogP contribution is 2.20. The Labute approximate surface area is 113 Å². The minimum atomic E-state index is -0.362. The first-order valence-corrected chi connectivity index (χ1v) is 6.43. The number of piperazine rings is 1. The van der Waals surface area contributed by atoms with Crippen LogP contribution in [0.5, 0.6) is 0 Å². The molecule has 0 bridgehead atoms. The van der Waals surface area contributed by atoms with Gasteiger partial charge in [-0.3, -0.25) is 19.9 Å². The average Bonchev–Trinajstić information content (AvgIpc) is 2.39. The van der Waals surface area contributed by atoms with Gasteiger partial charge in [0.1, 0.15) is 0 Å². The lowest BCUT2D eigenvalue weighted by Crippen LogP contribution is -2.49. The summed E-state index contributed by atoms with van der Waals surface area (Å²) in [6, 6.07) is 6.81. The minimum Gasteiger partial charge on any atom is -0.369 e. The molecule has 1 aliphatic heterocycles. The fourth-order valence-corrected chi connectivity index (χ4v) is 2.33. The molecule has 0 unspecified atom stereocenters. The van der Waals surface area contributed by atoms with E-state index in [-0.39, 0.29) is 10.6 Å². The standard InChI is InChI=1S/C13H20N4O2/c1-14(2)11-15-7-9-16(10-8-15)12-3-5-13(6-4-12)17(18)19/h3-6H,7-11H2,1-2H3. The number of non-ortho nitro benzene ring substituents is 1. The molecule has 0 radical (unpaired) electrons. The first-order valence-electron chi connectivity index (χ1n) is 6.43. The minimum absolute atomic E-state index is 0.148. The van der Waals surface area contributed by atoms with Crippen LogP contribution in [0.1, 0.15) is 0 Å². The third-order valence-corrected chi connectivity index (χ3v) is 3.28. The Morgan fingerprint density at radius 2 is 1.74 bits per heavy atom. The summed E-state index contributed by atoms with van der Waals surface area (Å²) in [5.74, 6) is 0. The maximum absolute atomic E-state index is 10.6. The van der Waals surface area contributed by atoms with Crippen molar-refractivity contribution in [3.8, 4) is 0 Å². The summed E-state index contributed by atoms with van der Waals surface area (Å²) in [7, 11) is 4.14. The lowest BCUT2D eigenvalue weighted by Gasteiger charge is -2.37. The monoisotopic (exact) mass is 264 g/mol. The van der Waals surface area contributed by atoms with Crippen molar-refractivity contribution >= 4 is 11.4 Å². The lowest BCUT2D eigenvalue weighted by molar-refractivity contribution is -0.384. The molecule has 1 aromatic rings. The van der Waals surface area contributed by atoms with E-state index >= 15 is 0 Å². The van der Waals surface area contributed by atoms with E-state index in [1.165, 1.54) is 0 Å². The second kappa shape index (κ2) is 5.99. The van der Waals surface area contributed by atoms with Gasteiger partial charge >= 0.3 is 0 Å². The molecule has 19 heavy (non-hydrogen) atoms. The van der Waals surface area contributed by atoms with Gasteiger partial charge in [-0.1, -0.05) is 0 Å². The van der Waals surface area contributed by atoms with Gasteiger partial charge in [-0.15, -0.1) is 0 Å². The molecule has 0 saturated carbocycles. The smallest absolute Gasteiger partial charge is 0.269 e. The van der Waals surface area contributed by atoms with Crippen LogP contribution in [-0.4, -0.2) is 61.7 Å². The number of hydrogen-bond donors (Lipinski definition) is 0. The highest BCUT2D eigenvalue weighted by Gasteiger charge is 2.17. The van der Waals surface area contributed by atoms with Crippen LogP contribution in [0.15, 0.2) is 24.3 Å². The largest absolute Gasteiger partial charge is 0.369 e. The molecule has 0 aliphatic carbocycles. The summed E-state index contributed by atoms with van der Waals surface area (Å²) in [4.78, 5) is 17.1. The summed E-state index contributed by atoms with van der Waals surface area (Å²) in [6.07, 6.45) is 0. The van der Waals surface area contributed by atoms with Crippen LogP contribution >= 0.6 is 0 Å². The molecule has 0 N–H and O–H groups in total. The molecule has 1 aromatic carbocycles. The molecule has 1 fully saturated rings. The summed E-state index contributed by atoms with van der Waals surface area (Å²) >= 11 is 0. The van der Waals surface area contributed by atoms with Gasteiger partial charge in [-0.25, -0.2) is 0 Å². The van der Waals surface area contributed by atoms with E-state index < -0.39 is 0 Å². The molecule has 0 amide bonds. The summed E-state index contributed by atoms with van der Waals surface area (Å²) < 4.78 is 0. The predicted molar refractivity (Wildman–Crippen MR) is 75.4 cm³/mol. The molecule has 0 spiro atoms. The van der Waals surface area contributed by atoms with E-state index in [0.29, 0.717) is 0 Å². The van der Waals surface area contributed by atoms with Crippen molar-refractivity contribution in [3.05, 3.63) is 34.4 Å². The topological polar surface area (TPSA) is 52.9 Å². The molecular formula is C13H20N4O2. The van der Waals surface area contributed by atoms with Crippen LogP contribution < -0.4 is 4.90 Å². The summed E-state index contributed by atoms with van der Waals surface area (Å²) in [5.41, 5.74) is 1.21. The van der Waals surface area contributed by atoms with Gasteiger partial charge in [-0.2, -0.15) is 0 Å². The molecule has 1 aliphatic rings. The Bertz CT molecular complexity index is 425. The molecule has 2 rings (SSSR count). The maximum atomic E-state index is 10.6. The van der Waals surface area contributed by atoms with E-state index in [1.807, 2.05) is 12.1 Å². The SMILES string of the molecule is CN(C)CN1CCN(c2ccc([N+](=O)[O-])cc2)CC1. The van der Waals surface area contributed by atoms with Crippen LogP contribution in [0.4, 0.5) is 11.4 Å². The van der Waals surface area contributed by atoms with E-state index in [9.17, 15) is 10.1 Å². The van der Waals surface area contributed by atoms with E-state index in [2.05, 4.69) is 28.8 Å². The Balaban J connectivity index is 1.92. The number of hydrogen-bond acceptors (Lipinski definition) is 5. The zero-order chi connectivity index (χ0) is 13.8. The lowest BCUT2D eigenvalue weighted by atomic mass is 10.2. The molecule has 0 atom stereocenters. The van der Waals surface area contributed by atoms with Crippen LogP contribution in [0.2, 0.25) is 0 Å². The number of anilines is 1. The Morgan fingerprint density at radius 1 is 1.16 bits per heavy atom. The highest BCUT2D eigenvalue weighted by molar-refractivity contribution is 5.51. The Kier molecular flexibility index (Phi) is 4.34. The quantitative estimate of drug-likeness (QED) is 0.605. The first kappa shape index (κ1) is 13.8. The zero-order valence-electron chi connectivity index (χ0n) is 11.5. The summed E-state index contributed by atoms with van der Waals surface area (Å²) in [5, 5.41) is 10.6. The van der Waals surface area contributed by atoms with Gasteiger partial charge in [0.15, 0.2) is 0 Å². The third kappa shape index (κ3) is 3.65. The van der Waals surface area contributed by atoms with Gasteiger partial charge in [0.2, 0.25) is 0 Å². The van der Waals surface area contributed by atoms with Crippen molar-refractivity contribution in [3.63, 3.8) is 0 Å². The van der Waals surface area contributed by atoms with Crippen molar-refractivity contribution in [2.24, 2.45) is 0 Å². The number of rotatable bonds is 4. The van der Waals surface area contributed by atoms with Gasteiger partial charge in [0, 0.05) is 44.0 Å². The number of nitro benzene ring substituents is 1. The van der Waals surface area contributed by atoms with Crippen molar-refractivity contribution < 1.29 is 4.92 Å². The number of benzene rings is 1. The van der Waals surface area contributed by atoms with Gasteiger partial charge < -0.3 is 4.90 Å². The second-order valence-electron chi connectivity index (χ2n) is 5.10. The zero-order valence-corrected chi connectivity index (χ0v) is 11.5. The predicted octanol–water partition coefficient (Wildman–Crippen LogP) is 1.24. The van der Waals surface area contributed by atoms with Crippen LogP contribution in [-0.2, 0) is 0 Å². The Morgan fingerprint density at radius 3 is 2.21 bits per heavy atom. The van der Waals surface area contributed by atoms with Crippen LogP contribution in [0, 0.1) is 10.1 Å². The van der Waals surface area contributed by atoms with E-state index in [4.69, 9.17) is 0 Å². The van der Waals surface area contributed by atoms with Gasteiger partial charge in [-0.05, 0) is 26.2 Å². The van der Waals surface area contributed by atoms with Gasteiger partial charge in [0.05, 0.1) is 11.6 Å². The molecule has 0 aromatic heterocycles. The van der Waals surface area contributed by atoms with Gasteiger partial charge in [0.25, 0.3) is 5.69 Å². The van der Waals surface area contributed by atoms with Crippen molar-refractivity contribution in [2.45, 2.75) is 0 Å². The fraction of sp³-hybridized carbons (Fsp3) is 0.538. The highest BCUT2D eigenvalue weighted by atomic mass is 16.6. The maximum Gasteiger partial charge on any atom is 0.269 e. The van der Waals surface area contributed by atoms with E-state index in [1.54, 1.807) is 12.1 Å². The van der Waals surface area contributed by atoms with Crippen molar-refractivity contribution in [1.29, 1.82) is 0 Å². The number of nitro groups is 1. The molecule has 104 valence electrons. The molecule has 6 nitrogen and oxygen atoms in total. The van der Waals surface area contributed by atoms with Crippen LogP contribution in [0.3, 0.4) is 0 Å². The molecular weight excluding hydrogens is 244 g/mol. The molecule has 1 saturated heterocycles. The second-order valence-corrected chi connectivity index (χ2v) is 5.10. The average molecular weight is 264 g/mol. The molecule has 6 heteroatoms. The van der Waals surface area contributed by atoms with Crippen molar-refractivity contribution in [1.82, 2.24) is 9.80 Å². The normalized spacial score (nSPS) is 16.9. The fourth-order valence-electron chi connectivity index (χ4n) is 2.33. The summed E-state index contributed by atoms with van der Waals surface area (Å²) in [6.45, 7) is 4.95. The van der Waals surface area contributed by atoms with Crippen LogP contribution in [0.25, 0.3) is 0 Å². The van der Waals surface area contributed by atoms with E-state index in [0.717, 1.165) is 38.5 Å². The number of nitrogens with zero attached hydrogens (tertiary/aromatic N) is 4. The first-order chi connectivity index (χ1) is 9.06. The molecule has 1 heterocycles.